The van der Waals surface area contributed by atoms with E-state index in [1.165, 1.54) is 11.8 Å². The molecule has 6 nitrogen and oxygen atoms in total. The van der Waals surface area contributed by atoms with Gasteiger partial charge >= 0.3 is 5.69 Å². The number of hydrogen-bond donors (Lipinski definition) is 2. The average molecular weight is 362 g/mol. The van der Waals surface area contributed by atoms with E-state index >= 15 is 0 Å². The van der Waals surface area contributed by atoms with Crippen LogP contribution in [0.3, 0.4) is 0 Å². The van der Waals surface area contributed by atoms with Crippen molar-refractivity contribution in [3.05, 3.63) is 39.8 Å². The minimum Gasteiger partial charge on any atom is -0.325 e. The molecule has 0 atom stereocenters. The summed E-state index contributed by atoms with van der Waals surface area (Å²) in [5.74, 6) is 0.135. The van der Waals surface area contributed by atoms with Crippen LogP contribution in [-0.2, 0) is 24.2 Å². The van der Waals surface area contributed by atoms with Gasteiger partial charge in [0, 0.05) is 12.2 Å². The summed E-state index contributed by atoms with van der Waals surface area (Å²) in [5, 5.41) is 10.1. The van der Waals surface area contributed by atoms with Gasteiger partial charge in [-0.1, -0.05) is 57.2 Å². The fourth-order valence-electron chi connectivity index (χ4n) is 2.64. The number of aryl methyl sites for hydroxylation is 2. The molecule has 0 bridgehead atoms. The summed E-state index contributed by atoms with van der Waals surface area (Å²) in [6.07, 6.45) is 3.64. The second-order valence-electron chi connectivity index (χ2n) is 5.81. The highest BCUT2D eigenvalue weighted by Crippen LogP contribution is 2.23. The predicted octanol–water partition coefficient (Wildman–Crippen LogP) is 3.23. The third-order valence-electron chi connectivity index (χ3n) is 4.05. The zero-order valence-corrected chi connectivity index (χ0v) is 15.9. The summed E-state index contributed by atoms with van der Waals surface area (Å²) in [7, 11) is 0. The zero-order valence-electron chi connectivity index (χ0n) is 15.1. The topological polar surface area (TPSA) is 79.8 Å². The summed E-state index contributed by atoms with van der Waals surface area (Å²) < 4.78 is 1.60. The number of anilines is 1. The van der Waals surface area contributed by atoms with E-state index < -0.39 is 0 Å². The molecular weight excluding hydrogens is 336 g/mol. The van der Waals surface area contributed by atoms with Crippen LogP contribution in [0.2, 0.25) is 0 Å². The van der Waals surface area contributed by atoms with Gasteiger partial charge in [0.05, 0.1) is 5.75 Å². The van der Waals surface area contributed by atoms with E-state index in [1.54, 1.807) is 4.57 Å². The minimum atomic E-state index is -0.221. The number of H-pyrrole nitrogens is 1. The molecule has 1 heterocycles. The Balaban J connectivity index is 2.04. The summed E-state index contributed by atoms with van der Waals surface area (Å²) in [4.78, 5) is 24.2. The zero-order chi connectivity index (χ0) is 18.2. The van der Waals surface area contributed by atoms with E-state index in [0.717, 1.165) is 42.5 Å². The number of hydrogen-bond acceptors (Lipinski definition) is 4. The molecule has 2 rings (SSSR count). The molecule has 136 valence electrons. The fraction of sp³-hybridized carbons (Fsp3) is 0.500. The summed E-state index contributed by atoms with van der Waals surface area (Å²) in [6, 6.07) is 6.11. The lowest BCUT2D eigenvalue weighted by Crippen LogP contribution is -2.19. The van der Waals surface area contributed by atoms with E-state index in [-0.39, 0.29) is 17.3 Å². The number of aromatic nitrogens is 3. The molecule has 0 fully saturated rings. The molecule has 0 aliphatic carbocycles. The highest BCUT2D eigenvalue weighted by atomic mass is 32.2. The maximum absolute atomic E-state index is 12.4. The SMILES string of the molecule is CCCCn1c(SCC(=O)Nc2c(CC)cccc2CC)n[nH]c1=O. The van der Waals surface area contributed by atoms with E-state index in [0.29, 0.717) is 11.7 Å². The Hall–Kier alpha value is -2.02. The molecule has 0 aliphatic heterocycles. The number of carbonyl (C=O) groups is 1. The Bertz CT molecular complexity index is 744. The number of rotatable bonds is 9. The smallest absolute Gasteiger partial charge is 0.325 e. The summed E-state index contributed by atoms with van der Waals surface area (Å²) in [6.45, 7) is 6.85. The number of unbranched alkanes of at least 4 members (excludes halogenated alkanes) is 1. The molecule has 7 heteroatoms. The van der Waals surface area contributed by atoms with Gasteiger partial charge in [0.25, 0.3) is 0 Å². The normalized spacial score (nSPS) is 10.8. The second kappa shape index (κ2) is 9.46. The molecule has 1 amide bonds. The largest absolute Gasteiger partial charge is 0.343 e. The van der Waals surface area contributed by atoms with Gasteiger partial charge in [-0.25, -0.2) is 9.89 Å². The third kappa shape index (κ3) is 4.98. The van der Waals surface area contributed by atoms with Crippen LogP contribution in [0, 0.1) is 0 Å². The molecule has 2 N–H and O–H groups in total. The van der Waals surface area contributed by atoms with Crippen LogP contribution in [0.5, 0.6) is 0 Å². The molecule has 0 aliphatic rings. The average Bonchev–Trinajstić information content (AvgIpc) is 2.98. The van der Waals surface area contributed by atoms with E-state index in [1.807, 2.05) is 18.2 Å². The predicted molar refractivity (Wildman–Crippen MR) is 102 cm³/mol. The number of para-hydroxylation sites is 1. The Morgan fingerprint density at radius 2 is 1.92 bits per heavy atom. The van der Waals surface area contributed by atoms with Crippen LogP contribution in [-0.4, -0.2) is 26.4 Å². The van der Waals surface area contributed by atoms with E-state index in [2.05, 4.69) is 36.3 Å². The number of carbonyl (C=O) groups excluding carboxylic acids is 1. The van der Waals surface area contributed by atoms with E-state index in [9.17, 15) is 9.59 Å². The van der Waals surface area contributed by atoms with Gasteiger partial charge < -0.3 is 5.32 Å². The molecule has 0 unspecified atom stereocenters. The highest BCUT2D eigenvalue weighted by Gasteiger charge is 2.13. The van der Waals surface area contributed by atoms with Crippen molar-refractivity contribution in [2.45, 2.75) is 58.2 Å². The van der Waals surface area contributed by atoms with Gasteiger partial charge in [-0.05, 0) is 30.4 Å². The highest BCUT2D eigenvalue weighted by molar-refractivity contribution is 7.99. The first-order valence-corrected chi connectivity index (χ1v) is 9.77. The number of amides is 1. The van der Waals surface area contributed by atoms with Gasteiger partial charge in [-0.2, -0.15) is 0 Å². The van der Waals surface area contributed by atoms with Crippen molar-refractivity contribution in [3.63, 3.8) is 0 Å². The molecule has 0 saturated carbocycles. The van der Waals surface area contributed by atoms with Crippen LogP contribution in [0.1, 0.15) is 44.7 Å². The second-order valence-corrected chi connectivity index (χ2v) is 6.75. The van der Waals surface area contributed by atoms with Crippen molar-refractivity contribution in [1.29, 1.82) is 0 Å². The Morgan fingerprint density at radius 1 is 1.24 bits per heavy atom. The number of benzene rings is 1. The molecule has 1 aromatic heterocycles. The van der Waals surface area contributed by atoms with Crippen molar-refractivity contribution in [2.75, 3.05) is 11.1 Å². The van der Waals surface area contributed by atoms with Crippen LogP contribution >= 0.6 is 11.8 Å². The molecular formula is C18H26N4O2S. The molecule has 0 radical (unpaired) electrons. The third-order valence-corrected chi connectivity index (χ3v) is 5.03. The molecule has 0 spiro atoms. The molecule has 0 saturated heterocycles. The molecule has 25 heavy (non-hydrogen) atoms. The van der Waals surface area contributed by atoms with Crippen molar-refractivity contribution in [3.8, 4) is 0 Å². The monoisotopic (exact) mass is 362 g/mol. The first-order chi connectivity index (χ1) is 12.1. The van der Waals surface area contributed by atoms with Crippen LogP contribution in [0.4, 0.5) is 5.69 Å². The van der Waals surface area contributed by atoms with E-state index in [4.69, 9.17) is 0 Å². The Labute approximate surface area is 152 Å². The van der Waals surface area contributed by atoms with Crippen molar-refractivity contribution >= 4 is 23.4 Å². The molecule has 1 aromatic carbocycles. The maximum atomic E-state index is 12.4. The minimum absolute atomic E-state index is 0.0851. The lowest BCUT2D eigenvalue weighted by molar-refractivity contribution is -0.113. The first kappa shape index (κ1) is 19.3. The van der Waals surface area contributed by atoms with Gasteiger partial charge in [0.2, 0.25) is 5.91 Å². The first-order valence-electron chi connectivity index (χ1n) is 8.79. The van der Waals surface area contributed by atoms with Gasteiger partial charge in [0.1, 0.15) is 0 Å². The van der Waals surface area contributed by atoms with Gasteiger partial charge in [-0.15, -0.1) is 5.10 Å². The Morgan fingerprint density at radius 3 is 2.52 bits per heavy atom. The van der Waals surface area contributed by atoms with Crippen molar-refractivity contribution in [1.82, 2.24) is 14.8 Å². The quantitative estimate of drug-likeness (QED) is 0.671. The molecule has 2 aromatic rings. The fourth-order valence-corrected chi connectivity index (χ4v) is 3.41. The summed E-state index contributed by atoms with van der Waals surface area (Å²) >= 11 is 1.28. The lowest BCUT2D eigenvalue weighted by Gasteiger charge is -2.14. The van der Waals surface area contributed by atoms with Gasteiger partial charge in [-0.3, -0.25) is 9.36 Å². The number of aromatic amines is 1. The number of nitrogens with one attached hydrogen (secondary N) is 2. The Kier molecular flexibility index (Phi) is 7.31. The van der Waals surface area contributed by atoms with Crippen molar-refractivity contribution in [2.24, 2.45) is 0 Å². The van der Waals surface area contributed by atoms with Crippen LogP contribution in [0.25, 0.3) is 0 Å². The van der Waals surface area contributed by atoms with Gasteiger partial charge in [0.15, 0.2) is 5.16 Å². The summed E-state index contributed by atoms with van der Waals surface area (Å²) in [5.41, 5.74) is 2.97. The number of nitrogens with zero attached hydrogens (tertiary/aromatic N) is 2. The standard InChI is InChI=1S/C18H26N4O2S/c1-4-7-11-22-17(24)20-21-18(22)25-12-15(23)19-16-13(5-2)9-8-10-14(16)6-3/h8-10H,4-7,11-12H2,1-3H3,(H,19,23)(H,20,24). The van der Waals surface area contributed by atoms with Crippen LogP contribution < -0.4 is 11.0 Å². The number of thioether (sulfide) groups is 1. The maximum Gasteiger partial charge on any atom is 0.343 e. The lowest BCUT2D eigenvalue weighted by atomic mass is 10.0. The van der Waals surface area contributed by atoms with Crippen molar-refractivity contribution < 1.29 is 4.79 Å². The van der Waals surface area contributed by atoms with Crippen LogP contribution in [0.15, 0.2) is 28.2 Å².